The summed E-state index contributed by atoms with van der Waals surface area (Å²) in [5.41, 5.74) is -0.301. The topological polar surface area (TPSA) is 87.4 Å². The Labute approximate surface area is 151 Å². The fourth-order valence-corrected chi connectivity index (χ4v) is 3.02. The number of aromatic nitrogens is 2. The molecule has 26 heavy (non-hydrogen) atoms. The van der Waals surface area contributed by atoms with E-state index in [9.17, 15) is 14.7 Å². The quantitative estimate of drug-likeness (QED) is 0.759. The van der Waals surface area contributed by atoms with Crippen LogP contribution in [-0.4, -0.2) is 76.1 Å². The molecule has 0 spiro atoms. The van der Waals surface area contributed by atoms with Crippen molar-refractivity contribution in [2.45, 2.75) is 13.3 Å². The molecule has 3 heterocycles. The highest BCUT2D eigenvalue weighted by atomic mass is 16.5. The zero-order chi connectivity index (χ0) is 18.5. The van der Waals surface area contributed by atoms with Crippen molar-refractivity contribution < 1.29 is 14.6 Å². The second-order valence-corrected chi connectivity index (χ2v) is 6.31. The number of fused-ring (bicyclic) bond motifs is 1. The van der Waals surface area contributed by atoms with Crippen LogP contribution < -0.4 is 5.56 Å². The normalized spacial score (nSPS) is 15.5. The van der Waals surface area contributed by atoms with E-state index in [4.69, 9.17) is 4.74 Å². The van der Waals surface area contributed by atoms with Crippen molar-refractivity contribution in [3.63, 3.8) is 0 Å². The standard InChI is InChI=1S/C18H24N4O4/c1-2-11-26-12-10-20-6-8-21(9-7-20)17(24)14-13-19-16-15(23)4-3-5-22(16)18(14)25/h3-5,13,23H,2,6-12H2,1H3. The van der Waals surface area contributed by atoms with Gasteiger partial charge in [-0.2, -0.15) is 0 Å². The number of hydrogen-bond donors (Lipinski definition) is 1. The van der Waals surface area contributed by atoms with Gasteiger partial charge in [0.15, 0.2) is 11.4 Å². The number of carbonyl (C=O) groups excluding carboxylic acids is 1. The molecule has 0 radical (unpaired) electrons. The van der Waals surface area contributed by atoms with Gasteiger partial charge >= 0.3 is 0 Å². The van der Waals surface area contributed by atoms with Gasteiger partial charge in [0.25, 0.3) is 11.5 Å². The van der Waals surface area contributed by atoms with Gasteiger partial charge < -0.3 is 14.7 Å². The second-order valence-electron chi connectivity index (χ2n) is 6.31. The molecule has 2 aromatic heterocycles. The van der Waals surface area contributed by atoms with Crippen molar-refractivity contribution in [2.24, 2.45) is 0 Å². The molecule has 1 fully saturated rings. The number of ether oxygens (including phenoxy) is 1. The largest absolute Gasteiger partial charge is 0.504 e. The molecular formula is C18H24N4O4. The van der Waals surface area contributed by atoms with Gasteiger partial charge in [-0.3, -0.25) is 18.9 Å². The van der Waals surface area contributed by atoms with Crippen molar-refractivity contribution in [3.05, 3.63) is 40.4 Å². The average molecular weight is 360 g/mol. The molecule has 0 atom stereocenters. The summed E-state index contributed by atoms with van der Waals surface area (Å²) in [7, 11) is 0. The Hall–Kier alpha value is -2.45. The summed E-state index contributed by atoms with van der Waals surface area (Å²) in [4.78, 5) is 33.3. The molecule has 1 aliphatic heterocycles. The van der Waals surface area contributed by atoms with Crippen LogP contribution in [0.2, 0.25) is 0 Å². The maximum absolute atomic E-state index is 12.7. The zero-order valence-corrected chi connectivity index (χ0v) is 14.9. The minimum absolute atomic E-state index is 0.0211. The van der Waals surface area contributed by atoms with E-state index in [0.717, 1.165) is 32.7 Å². The molecule has 3 rings (SSSR count). The molecule has 0 unspecified atom stereocenters. The molecule has 1 saturated heterocycles. The molecule has 0 saturated carbocycles. The highest BCUT2D eigenvalue weighted by molar-refractivity contribution is 5.94. The summed E-state index contributed by atoms with van der Waals surface area (Å²) in [5.74, 6) is -0.412. The third-order valence-electron chi connectivity index (χ3n) is 4.50. The lowest BCUT2D eigenvalue weighted by atomic mass is 10.2. The van der Waals surface area contributed by atoms with Crippen LogP contribution in [0.1, 0.15) is 23.7 Å². The van der Waals surface area contributed by atoms with Crippen LogP contribution in [0.5, 0.6) is 5.75 Å². The van der Waals surface area contributed by atoms with E-state index in [1.165, 1.54) is 22.9 Å². The maximum atomic E-state index is 12.7. The number of nitrogens with zero attached hydrogens (tertiary/aromatic N) is 4. The van der Waals surface area contributed by atoms with Crippen molar-refractivity contribution in [3.8, 4) is 5.75 Å². The zero-order valence-electron chi connectivity index (χ0n) is 14.9. The van der Waals surface area contributed by atoms with Gasteiger partial charge in [0.05, 0.1) is 6.61 Å². The van der Waals surface area contributed by atoms with Crippen LogP contribution in [0.3, 0.4) is 0 Å². The lowest BCUT2D eigenvalue weighted by Gasteiger charge is -2.34. The Kier molecular flexibility index (Phi) is 5.85. The molecule has 8 nitrogen and oxygen atoms in total. The first-order valence-electron chi connectivity index (χ1n) is 8.90. The molecule has 1 amide bonds. The third-order valence-corrected chi connectivity index (χ3v) is 4.50. The fourth-order valence-electron chi connectivity index (χ4n) is 3.02. The summed E-state index contributed by atoms with van der Waals surface area (Å²) in [6, 6.07) is 2.99. The Morgan fingerprint density at radius 2 is 2.04 bits per heavy atom. The van der Waals surface area contributed by atoms with E-state index in [1.807, 2.05) is 0 Å². The van der Waals surface area contributed by atoms with Crippen LogP contribution in [0.4, 0.5) is 0 Å². The van der Waals surface area contributed by atoms with E-state index in [-0.39, 0.29) is 22.9 Å². The van der Waals surface area contributed by atoms with Gasteiger partial charge in [0.1, 0.15) is 5.56 Å². The first-order valence-corrected chi connectivity index (χ1v) is 8.90. The van der Waals surface area contributed by atoms with Crippen molar-refractivity contribution in [1.82, 2.24) is 19.2 Å². The van der Waals surface area contributed by atoms with Gasteiger partial charge in [-0.25, -0.2) is 4.98 Å². The average Bonchev–Trinajstić information content (AvgIpc) is 2.66. The molecule has 0 aromatic carbocycles. The number of aromatic hydroxyl groups is 1. The predicted octanol–water partition coefficient (Wildman–Crippen LogP) is 0.585. The molecule has 0 bridgehead atoms. The van der Waals surface area contributed by atoms with Crippen molar-refractivity contribution in [2.75, 3.05) is 45.9 Å². The first kappa shape index (κ1) is 18.3. The van der Waals surface area contributed by atoms with Crippen LogP contribution in [-0.2, 0) is 4.74 Å². The minimum atomic E-state index is -0.466. The van der Waals surface area contributed by atoms with Crippen molar-refractivity contribution in [1.29, 1.82) is 0 Å². The van der Waals surface area contributed by atoms with Crippen LogP contribution in [0, 0.1) is 0 Å². The molecule has 140 valence electrons. The van der Waals surface area contributed by atoms with Gasteiger partial charge in [-0.05, 0) is 18.6 Å². The highest BCUT2D eigenvalue weighted by Crippen LogP contribution is 2.14. The number of rotatable bonds is 6. The highest BCUT2D eigenvalue weighted by Gasteiger charge is 2.24. The molecule has 1 N–H and O–H groups in total. The summed E-state index contributed by atoms with van der Waals surface area (Å²) in [6.07, 6.45) is 3.76. The van der Waals surface area contributed by atoms with Crippen LogP contribution in [0.15, 0.2) is 29.3 Å². The third kappa shape index (κ3) is 3.86. The molecule has 0 aliphatic carbocycles. The number of pyridine rings is 1. The second kappa shape index (κ2) is 8.29. The van der Waals surface area contributed by atoms with Gasteiger partial charge in [-0.1, -0.05) is 6.92 Å². The van der Waals surface area contributed by atoms with Gasteiger partial charge in [0.2, 0.25) is 0 Å². The van der Waals surface area contributed by atoms with E-state index in [0.29, 0.717) is 19.7 Å². The van der Waals surface area contributed by atoms with Crippen molar-refractivity contribution >= 4 is 11.6 Å². The molecule has 2 aromatic rings. The van der Waals surface area contributed by atoms with E-state index < -0.39 is 5.56 Å². The minimum Gasteiger partial charge on any atom is -0.504 e. The summed E-state index contributed by atoms with van der Waals surface area (Å²) < 4.78 is 6.70. The SMILES string of the molecule is CCCOCCN1CCN(C(=O)c2cnc3c(O)cccn3c2=O)CC1. The Morgan fingerprint density at radius 3 is 2.77 bits per heavy atom. The van der Waals surface area contributed by atoms with Crippen LogP contribution >= 0.6 is 0 Å². The summed E-state index contributed by atoms with van der Waals surface area (Å²) in [6.45, 7) is 7.03. The van der Waals surface area contributed by atoms with E-state index in [2.05, 4.69) is 16.8 Å². The fraction of sp³-hybridized carbons (Fsp3) is 0.500. The summed E-state index contributed by atoms with van der Waals surface area (Å²) >= 11 is 0. The summed E-state index contributed by atoms with van der Waals surface area (Å²) in [5, 5.41) is 9.77. The number of carbonyl (C=O) groups is 1. The smallest absolute Gasteiger partial charge is 0.270 e. The Morgan fingerprint density at radius 1 is 1.27 bits per heavy atom. The lowest BCUT2D eigenvalue weighted by molar-refractivity contribution is 0.0550. The maximum Gasteiger partial charge on any atom is 0.270 e. The number of amides is 1. The van der Waals surface area contributed by atoms with Gasteiger partial charge in [0, 0.05) is 51.7 Å². The Bertz CT molecular complexity index is 828. The lowest BCUT2D eigenvalue weighted by Crippen LogP contribution is -2.50. The molecule has 8 heteroatoms. The first-order chi connectivity index (χ1) is 12.6. The molecule has 1 aliphatic rings. The van der Waals surface area contributed by atoms with E-state index >= 15 is 0 Å². The molecular weight excluding hydrogens is 336 g/mol. The monoisotopic (exact) mass is 360 g/mol. The Balaban J connectivity index is 1.65. The number of hydrogen-bond acceptors (Lipinski definition) is 6. The van der Waals surface area contributed by atoms with Gasteiger partial charge in [-0.15, -0.1) is 0 Å². The van der Waals surface area contributed by atoms with Crippen LogP contribution in [0.25, 0.3) is 5.65 Å². The predicted molar refractivity (Wildman–Crippen MR) is 96.6 cm³/mol. The number of piperazine rings is 1. The van der Waals surface area contributed by atoms with E-state index in [1.54, 1.807) is 11.0 Å².